The van der Waals surface area contributed by atoms with Gasteiger partial charge in [0.15, 0.2) is 5.78 Å². The first-order valence-electron chi connectivity index (χ1n) is 7.92. The van der Waals surface area contributed by atoms with Crippen LogP contribution in [0.1, 0.15) is 33.8 Å². The number of nitrogens with zero attached hydrogens (tertiary/aromatic N) is 2. The molecule has 0 N–H and O–H groups in total. The topological polar surface area (TPSA) is 56.0 Å². The van der Waals surface area contributed by atoms with Gasteiger partial charge in [0.1, 0.15) is 11.5 Å². The first kappa shape index (κ1) is 17.8. The largest absolute Gasteiger partial charge is 0.417 e. The number of pyridine rings is 1. The van der Waals surface area contributed by atoms with Crippen LogP contribution in [0.25, 0.3) is 11.3 Å². The number of benzene rings is 1. The van der Waals surface area contributed by atoms with Gasteiger partial charge in [-0.1, -0.05) is 23.4 Å². The van der Waals surface area contributed by atoms with Crippen LogP contribution in [0.4, 0.5) is 13.2 Å². The second-order valence-corrected chi connectivity index (χ2v) is 5.83. The number of rotatable bonds is 5. The molecule has 0 aliphatic rings. The number of aromatic nitrogens is 2. The number of aryl methyl sites for hydroxylation is 2. The summed E-state index contributed by atoms with van der Waals surface area (Å²) in [5, 5.41) is 3.72. The number of hydrogen-bond acceptors (Lipinski definition) is 4. The number of ketones is 1. The zero-order valence-electron chi connectivity index (χ0n) is 13.9. The molecule has 0 saturated heterocycles. The fourth-order valence-electron chi connectivity index (χ4n) is 2.53. The van der Waals surface area contributed by atoms with Crippen LogP contribution in [-0.2, 0) is 12.6 Å². The lowest BCUT2D eigenvalue weighted by atomic mass is 10.0. The SMILES string of the molecule is Cc1ccc(C(=O)CCc2cc(-c3ccccc3C(F)(F)F)no2)cn1. The van der Waals surface area contributed by atoms with E-state index in [1.54, 1.807) is 12.1 Å². The van der Waals surface area contributed by atoms with Gasteiger partial charge in [-0.05, 0) is 25.1 Å². The summed E-state index contributed by atoms with van der Waals surface area (Å²) < 4.78 is 44.4. The summed E-state index contributed by atoms with van der Waals surface area (Å²) in [6.07, 6.45) is -2.58. The van der Waals surface area contributed by atoms with Crippen LogP contribution in [0.3, 0.4) is 0 Å². The molecule has 4 nitrogen and oxygen atoms in total. The first-order chi connectivity index (χ1) is 12.3. The van der Waals surface area contributed by atoms with Crippen molar-refractivity contribution in [3.63, 3.8) is 0 Å². The quantitative estimate of drug-likeness (QED) is 0.609. The summed E-state index contributed by atoms with van der Waals surface area (Å²) in [6, 6.07) is 10.0. The highest BCUT2D eigenvalue weighted by Gasteiger charge is 2.34. The molecule has 134 valence electrons. The zero-order valence-corrected chi connectivity index (χ0v) is 13.9. The third-order valence-corrected chi connectivity index (χ3v) is 3.90. The predicted molar refractivity (Wildman–Crippen MR) is 88.6 cm³/mol. The van der Waals surface area contributed by atoms with Gasteiger partial charge in [0.05, 0.1) is 5.56 Å². The highest BCUT2D eigenvalue weighted by molar-refractivity contribution is 5.95. The van der Waals surface area contributed by atoms with Crippen molar-refractivity contribution < 1.29 is 22.5 Å². The zero-order chi connectivity index (χ0) is 18.7. The minimum absolute atomic E-state index is 0.0518. The Bertz CT molecular complexity index is 915. The monoisotopic (exact) mass is 360 g/mol. The number of halogens is 3. The highest BCUT2D eigenvalue weighted by Crippen LogP contribution is 2.36. The lowest BCUT2D eigenvalue weighted by Crippen LogP contribution is -2.06. The van der Waals surface area contributed by atoms with E-state index in [1.807, 2.05) is 6.92 Å². The van der Waals surface area contributed by atoms with E-state index >= 15 is 0 Å². The van der Waals surface area contributed by atoms with Gasteiger partial charge in [-0.15, -0.1) is 0 Å². The van der Waals surface area contributed by atoms with Gasteiger partial charge in [0.25, 0.3) is 0 Å². The Kier molecular flexibility index (Phi) is 4.88. The molecular weight excluding hydrogens is 345 g/mol. The number of carbonyl (C=O) groups excluding carboxylic acids is 1. The maximum Gasteiger partial charge on any atom is 0.417 e. The van der Waals surface area contributed by atoms with Crippen molar-refractivity contribution >= 4 is 5.78 Å². The second-order valence-electron chi connectivity index (χ2n) is 5.83. The van der Waals surface area contributed by atoms with Gasteiger partial charge in [0.2, 0.25) is 0 Å². The van der Waals surface area contributed by atoms with Gasteiger partial charge < -0.3 is 4.52 Å². The first-order valence-corrected chi connectivity index (χ1v) is 7.92. The fourth-order valence-corrected chi connectivity index (χ4v) is 2.53. The van der Waals surface area contributed by atoms with Gasteiger partial charge in [-0.25, -0.2) is 0 Å². The van der Waals surface area contributed by atoms with Crippen molar-refractivity contribution in [3.8, 4) is 11.3 Å². The molecule has 0 amide bonds. The van der Waals surface area contributed by atoms with Crippen molar-refractivity contribution in [2.45, 2.75) is 25.9 Å². The normalized spacial score (nSPS) is 11.5. The third kappa shape index (κ3) is 3.99. The molecule has 0 aliphatic heterocycles. The summed E-state index contributed by atoms with van der Waals surface area (Å²) in [5.74, 6) is 0.233. The van der Waals surface area contributed by atoms with E-state index in [4.69, 9.17) is 4.52 Å². The van der Waals surface area contributed by atoms with E-state index in [0.29, 0.717) is 11.3 Å². The number of Topliss-reactive ketones (excluding diaryl/α,β-unsaturated/α-hetero) is 1. The van der Waals surface area contributed by atoms with Crippen molar-refractivity contribution in [2.75, 3.05) is 0 Å². The molecule has 0 bridgehead atoms. The summed E-state index contributed by atoms with van der Waals surface area (Å²) in [6.45, 7) is 1.82. The smallest absolute Gasteiger partial charge is 0.361 e. The minimum atomic E-state index is -4.48. The second kappa shape index (κ2) is 7.11. The van der Waals surface area contributed by atoms with Gasteiger partial charge >= 0.3 is 6.18 Å². The summed E-state index contributed by atoms with van der Waals surface area (Å²) in [4.78, 5) is 16.2. The Labute approximate surface area is 147 Å². The molecule has 1 aromatic carbocycles. The van der Waals surface area contributed by atoms with E-state index in [2.05, 4.69) is 10.1 Å². The third-order valence-electron chi connectivity index (χ3n) is 3.90. The van der Waals surface area contributed by atoms with E-state index in [0.717, 1.165) is 11.8 Å². The molecule has 0 aliphatic carbocycles. The summed E-state index contributed by atoms with van der Waals surface area (Å²) >= 11 is 0. The fraction of sp³-hybridized carbons (Fsp3) is 0.211. The molecule has 0 spiro atoms. The van der Waals surface area contributed by atoms with E-state index in [-0.39, 0.29) is 29.9 Å². The van der Waals surface area contributed by atoms with Crippen molar-refractivity contribution in [3.05, 3.63) is 71.2 Å². The van der Waals surface area contributed by atoms with Crippen LogP contribution in [-0.4, -0.2) is 15.9 Å². The average Bonchev–Trinajstić information content (AvgIpc) is 3.08. The van der Waals surface area contributed by atoms with Crippen molar-refractivity contribution in [2.24, 2.45) is 0 Å². The molecule has 0 fully saturated rings. The molecular formula is C19H15F3N2O2. The van der Waals surface area contributed by atoms with E-state index in [9.17, 15) is 18.0 Å². The Morgan fingerprint density at radius 3 is 2.62 bits per heavy atom. The highest BCUT2D eigenvalue weighted by atomic mass is 19.4. The standard InChI is InChI=1S/C19H15F3N2O2/c1-12-6-7-13(11-23-12)18(25)9-8-14-10-17(24-26-14)15-4-2-3-5-16(15)19(20,21)22/h2-7,10-11H,8-9H2,1H3. The van der Waals surface area contributed by atoms with Gasteiger partial charge in [-0.2, -0.15) is 13.2 Å². The maximum absolute atomic E-state index is 13.1. The van der Waals surface area contributed by atoms with Gasteiger partial charge in [-0.3, -0.25) is 9.78 Å². The number of carbonyl (C=O) groups is 1. The number of hydrogen-bond donors (Lipinski definition) is 0. The van der Waals surface area contributed by atoms with E-state index < -0.39 is 11.7 Å². The van der Waals surface area contributed by atoms with Crippen LogP contribution in [0.2, 0.25) is 0 Å². The van der Waals surface area contributed by atoms with Crippen molar-refractivity contribution in [1.29, 1.82) is 0 Å². The van der Waals surface area contributed by atoms with Gasteiger partial charge in [0, 0.05) is 41.9 Å². The van der Waals surface area contributed by atoms with Crippen LogP contribution in [0.5, 0.6) is 0 Å². The molecule has 2 aromatic heterocycles. The lowest BCUT2D eigenvalue weighted by molar-refractivity contribution is -0.137. The Morgan fingerprint density at radius 1 is 1.15 bits per heavy atom. The van der Waals surface area contributed by atoms with Crippen LogP contribution in [0, 0.1) is 6.92 Å². The van der Waals surface area contributed by atoms with E-state index in [1.165, 1.54) is 30.5 Å². The number of alkyl halides is 3. The van der Waals surface area contributed by atoms with Crippen LogP contribution in [0.15, 0.2) is 53.2 Å². The Hall–Kier alpha value is -2.96. The molecule has 2 heterocycles. The predicted octanol–water partition coefficient (Wildman–Crippen LogP) is 4.88. The molecule has 26 heavy (non-hydrogen) atoms. The molecule has 0 radical (unpaired) electrons. The lowest BCUT2D eigenvalue weighted by Gasteiger charge is -2.10. The molecule has 0 atom stereocenters. The molecule has 7 heteroatoms. The molecule has 0 saturated carbocycles. The summed E-state index contributed by atoms with van der Waals surface area (Å²) in [5.41, 5.74) is 0.561. The molecule has 3 aromatic rings. The Balaban J connectivity index is 1.73. The molecule has 0 unspecified atom stereocenters. The minimum Gasteiger partial charge on any atom is -0.361 e. The summed E-state index contributed by atoms with van der Waals surface area (Å²) in [7, 11) is 0. The van der Waals surface area contributed by atoms with Crippen molar-refractivity contribution in [1.82, 2.24) is 10.1 Å². The van der Waals surface area contributed by atoms with Crippen LogP contribution >= 0.6 is 0 Å². The average molecular weight is 360 g/mol. The Morgan fingerprint density at radius 2 is 1.92 bits per heavy atom. The van der Waals surface area contributed by atoms with Crippen LogP contribution < -0.4 is 0 Å². The molecule has 3 rings (SSSR count). The maximum atomic E-state index is 13.1.